The molecule has 5 nitrogen and oxygen atoms in total. The molecule has 3 rings (SSSR count). The summed E-state index contributed by atoms with van der Waals surface area (Å²) in [6.45, 7) is 6.04. The van der Waals surface area contributed by atoms with Gasteiger partial charge in [-0.2, -0.15) is 5.10 Å². The van der Waals surface area contributed by atoms with E-state index in [9.17, 15) is 5.11 Å². The van der Waals surface area contributed by atoms with Gasteiger partial charge in [-0.15, -0.1) is 0 Å². The Morgan fingerprint density at radius 3 is 2.75 bits per heavy atom. The minimum atomic E-state index is -0.499. The van der Waals surface area contributed by atoms with E-state index in [-0.39, 0.29) is 0 Å². The second-order valence-electron chi connectivity index (χ2n) is 6.79. The molecule has 1 aliphatic rings. The maximum atomic E-state index is 10.4. The van der Waals surface area contributed by atoms with Crippen molar-refractivity contribution in [1.82, 2.24) is 14.7 Å². The number of benzene rings is 1. The molecule has 2 heterocycles. The van der Waals surface area contributed by atoms with Crippen LogP contribution in [0.15, 0.2) is 30.6 Å². The lowest BCUT2D eigenvalue weighted by Crippen LogP contribution is -2.35. The van der Waals surface area contributed by atoms with E-state index in [0.717, 1.165) is 36.3 Å². The van der Waals surface area contributed by atoms with E-state index in [1.165, 1.54) is 5.56 Å². The van der Waals surface area contributed by atoms with Crippen LogP contribution in [0.25, 0.3) is 0 Å². The van der Waals surface area contributed by atoms with Gasteiger partial charge in [0.1, 0.15) is 18.5 Å². The zero-order valence-electron chi connectivity index (χ0n) is 14.8. The molecule has 0 radical (unpaired) electrons. The van der Waals surface area contributed by atoms with Crippen molar-refractivity contribution in [2.75, 3.05) is 19.7 Å². The molecule has 0 bridgehead atoms. The number of likely N-dealkylation sites (tertiary alicyclic amines) is 1. The fraction of sp³-hybridized carbons (Fsp3) is 0.526. The molecule has 1 saturated heterocycles. The summed E-state index contributed by atoms with van der Waals surface area (Å²) in [7, 11) is 1.94. The minimum Gasteiger partial charge on any atom is -0.490 e. The molecule has 0 unspecified atom stereocenters. The van der Waals surface area contributed by atoms with E-state index in [1.54, 1.807) is 0 Å². The maximum absolute atomic E-state index is 10.4. The molecule has 2 atom stereocenters. The Balaban J connectivity index is 1.57. The molecule has 0 spiro atoms. The van der Waals surface area contributed by atoms with Crippen LogP contribution >= 0.6 is 0 Å². The summed E-state index contributed by atoms with van der Waals surface area (Å²) in [5, 5.41) is 14.7. The molecule has 24 heavy (non-hydrogen) atoms. The summed E-state index contributed by atoms with van der Waals surface area (Å²) in [5.74, 6) is 0.891. The predicted molar refractivity (Wildman–Crippen MR) is 94.2 cm³/mol. The van der Waals surface area contributed by atoms with E-state index >= 15 is 0 Å². The van der Waals surface area contributed by atoms with Gasteiger partial charge in [-0.05, 0) is 44.4 Å². The fourth-order valence-electron chi connectivity index (χ4n) is 3.56. The van der Waals surface area contributed by atoms with Gasteiger partial charge in [-0.25, -0.2) is 0 Å². The van der Waals surface area contributed by atoms with Crippen LogP contribution in [0.1, 0.15) is 35.6 Å². The van der Waals surface area contributed by atoms with Gasteiger partial charge in [-0.1, -0.05) is 18.2 Å². The van der Waals surface area contributed by atoms with Crippen LogP contribution in [0, 0.1) is 13.8 Å². The van der Waals surface area contributed by atoms with E-state index < -0.39 is 6.10 Å². The lowest BCUT2D eigenvalue weighted by molar-refractivity contribution is 0.0634. The third-order valence-electron chi connectivity index (χ3n) is 4.75. The van der Waals surface area contributed by atoms with Crippen molar-refractivity contribution in [2.24, 2.45) is 7.05 Å². The molecule has 1 aliphatic heterocycles. The van der Waals surface area contributed by atoms with E-state index in [2.05, 4.69) is 16.2 Å². The zero-order chi connectivity index (χ0) is 17.1. The largest absolute Gasteiger partial charge is 0.490 e. The average molecular weight is 329 g/mol. The Labute approximate surface area is 143 Å². The molecule has 1 aromatic carbocycles. The van der Waals surface area contributed by atoms with Crippen LogP contribution in [0.4, 0.5) is 0 Å². The fourth-order valence-corrected chi connectivity index (χ4v) is 3.56. The van der Waals surface area contributed by atoms with Crippen LogP contribution < -0.4 is 4.74 Å². The summed E-state index contributed by atoms with van der Waals surface area (Å²) in [6.07, 6.45) is 5.78. The van der Waals surface area contributed by atoms with Gasteiger partial charge in [0, 0.05) is 31.4 Å². The summed E-state index contributed by atoms with van der Waals surface area (Å²) in [4.78, 5) is 2.34. The number of hydrogen-bond acceptors (Lipinski definition) is 4. The molecule has 0 saturated carbocycles. The third kappa shape index (κ3) is 3.79. The molecule has 0 amide bonds. The molecule has 1 N–H and O–H groups in total. The standard InChI is InChI=1S/C19H27N3O2/c1-14-6-4-7-15(2)19(14)24-13-17(23)12-22-9-5-8-18(22)16-10-20-21(3)11-16/h4,6-7,10-11,17-18,23H,5,8-9,12-13H2,1-3H3/t17-,18-/m0/s1. The van der Waals surface area contributed by atoms with Crippen molar-refractivity contribution < 1.29 is 9.84 Å². The minimum absolute atomic E-state index is 0.321. The second-order valence-corrected chi connectivity index (χ2v) is 6.79. The number of aromatic nitrogens is 2. The SMILES string of the molecule is Cc1cccc(C)c1OC[C@@H](O)CN1CCC[C@H]1c1cnn(C)c1. The zero-order valence-corrected chi connectivity index (χ0v) is 14.8. The van der Waals surface area contributed by atoms with Crippen molar-refractivity contribution in [3.63, 3.8) is 0 Å². The summed E-state index contributed by atoms with van der Waals surface area (Å²) in [6, 6.07) is 6.45. The number of rotatable bonds is 6. The number of ether oxygens (including phenoxy) is 1. The van der Waals surface area contributed by atoms with Crippen molar-refractivity contribution in [3.05, 3.63) is 47.3 Å². The lowest BCUT2D eigenvalue weighted by Gasteiger charge is -2.26. The predicted octanol–water partition coefficient (Wildman–Crippen LogP) is 2.61. The van der Waals surface area contributed by atoms with Crippen LogP contribution in [0.2, 0.25) is 0 Å². The highest BCUT2D eigenvalue weighted by Crippen LogP contribution is 2.31. The second kappa shape index (κ2) is 7.36. The van der Waals surface area contributed by atoms with Gasteiger partial charge in [0.2, 0.25) is 0 Å². The number of aliphatic hydroxyl groups excluding tert-OH is 1. The molecule has 5 heteroatoms. The Hall–Kier alpha value is -1.85. The Morgan fingerprint density at radius 1 is 1.33 bits per heavy atom. The lowest BCUT2D eigenvalue weighted by atomic mass is 10.1. The number of β-amino-alcohol motifs (C(OH)–C–C–N with tert-alkyl or cyclic N) is 1. The quantitative estimate of drug-likeness (QED) is 0.885. The summed E-state index contributed by atoms with van der Waals surface area (Å²) >= 11 is 0. The first-order valence-corrected chi connectivity index (χ1v) is 8.64. The highest BCUT2D eigenvalue weighted by molar-refractivity contribution is 5.39. The molecule has 1 fully saturated rings. The number of aliphatic hydroxyl groups is 1. The van der Waals surface area contributed by atoms with Gasteiger partial charge < -0.3 is 9.84 Å². The number of aryl methyl sites for hydroxylation is 3. The monoisotopic (exact) mass is 329 g/mol. The highest BCUT2D eigenvalue weighted by atomic mass is 16.5. The Morgan fingerprint density at radius 2 is 2.08 bits per heavy atom. The molecular formula is C19H27N3O2. The molecule has 2 aromatic rings. The number of hydrogen-bond donors (Lipinski definition) is 1. The van der Waals surface area contributed by atoms with Crippen LogP contribution in [0.5, 0.6) is 5.75 Å². The highest BCUT2D eigenvalue weighted by Gasteiger charge is 2.28. The summed E-state index contributed by atoms with van der Waals surface area (Å²) in [5.41, 5.74) is 3.45. The Kier molecular flexibility index (Phi) is 5.21. The number of nitrogens with zero attached hydrogens (tertiary/aromatic N) is 3. The smallest absolute Gasteiger partial charge is 0.125 e. The Bertz CT molecular complexity index is 663. The van der Waals surface area contributed by atoms with Crippen LogP contribution in [-0.4, -0.2) is 45.6 Å². The first-order valence-electron chi connectivity index (χ1n) is 8.64. The maximum Gasteiger partial charge on any atom is 0.125 e. The van der Waals surface area contributed by atoms with E-state index in [1.807, 2.05) is 50.0 Å². The average Bonchev–Trinajstić information content (AvgIpc) is 3.15. The first kappa shape index (κ1) is 17.0. The molecule has 130 valence electrons. The molecule has 0 aliphatic carbocycles. The molecule has 1 aromatic heterocycles. The van der Waals surface area contributed by atoms with Gasteiger partial charge in [0.15, 0.2) is 0 Å². The van der Waals surface area contributed by atoms with Crippen molar-refractivity contribution in [1.29, 1.82) is 0 Å². The first-order chi connectivity index (χ1) is 11.5. The van der Waals surface area contributed by atoms with Crippen LogP contribution in [-0.2, 0) is 7.05 Å². The normalized spacial score (nSPS) is 19.6. The summed E-state index contributed by atoms with van der Waals surface area (Å²) < 4.78 is 7.73. The van der Waals surface area contributed by atoms with Gasteiger partial charge in [0.05, 0.1) is 6.20 Å². The number of para-hydroxylation sites is 1. The van der Waals surface area contributed by atoms with Gasteiger partial charge in [-0.3, -0.25) is 9.58 Å². The van der Waals surface area contributed by atoms with E-state index in [4.69, 9.17) is 4.74 Å². The van der Waals surface area contributed by atoms with Crippen molar-refractivity contribution >= 4 is 0 Å². The van der Waals surface area contributed by atoms with Crippen molar-refractivity contribution in [2.45, 2.75) is 38.8 Å². The van der Waals surface area contributed by atoms with Gasteiger partial charge >= 0.3 is 0 Å². The third-order valence-corrected chi connectivity index (χ3v) is 4.75. The van der Waals surface area contributed by atoms with Crippen molar-refractivity contribution in [3.8, 4) is 5.75 Å². The van der Waals surface area contributed by atoms with Gasteiger partial charge in [0.25, 0.3) is 0 Å². The molecular weight excluding hydrogens is 302 g/mol. The topological polar surface area (TPSA) is 50.5 Å². The van der Waals surface area contributed by atoms with Crippen LogP contribution in [0.3, 0.4) is 0 Å². The van der Waals surface area contributed by atoms with E-state index in [0.29, 0.717) is 19.2 Å².